The Labute approximate surface area is 180 Å². The molecule has 0 bridgehead atoms. The maximum absolute atomic E-state index is 13.0. The lowest BCUT2D eigenvalue weighted by atomic mass is 9.99. The van der Waals surface area contributed by atoms with Crippen LogP contribution in [-0.2, 0) is 4.74 Å². The summed E-state index contributed by atoms with van der Waals surface area (Å²) in [7, 11) is 2.69. The summed E-state index contributed by atoms with van der Waals surface area (Å²) in [6.07, 6.45) is -7.68. The van der Waals surface area contributed by atoms with Crippen molar-refractivity contribution < 1.29 is 48.9 Å². The third-order valence-electron chi connectivity index (χ3n) is 5.35. The molecule has 1 aliphatic rings. The first-order chi connectivity index (χ1) is 15.3. The van der Waals surface area contributed by atoms with E-state index in [4.69, 9.17) is 23.4 Å². The van der Waals surface area contributed by atoms with Crippen molar-refractivity contribution >= 4 is 21.9 Å². The molecule has 11 nitrogen and oxygen atoms in total. The van der Waals surface area contributed by atoms with E-state index in [0.29, 0.717) is 0 Å². The SMILES string of the molecule is COc1cccc2c(=O)c3c(O)cc(O[C@@H]4O[C@H](CO)[C@@H](O)[C@@H](O)[C@H]4O)c(OC)c3oc12. The number of methoxy groups -OCH3 is 2. The number of phenolic OH excluding ortho intramolecular Hbond substituents is 1. The van der Waals surface area contributed by atoms with Gasteiger partial charge in [-0.3, -0.25) is 4.79 Å². The summed E-state index contributed by atoms with van der Waals surface area (Å²) < 4.78 is 27.4. The van der Waals surface area contributed by atoms with Crippen LogP contribution in [0.2, 0.25) is 0 Å². The molecule has 2 aromatic carbocycles. The Morgan fingerprint density at radius 2 is 1.75 bits per heavy atom. The fraction of sp³-hybridized carbons (Fsp3) is 0.381. The van der Waals surface area contributed by atoms with Crippen LogP contribution >= 0.6 is 0 Å². The summed E-state index contributed by atoms with van der Waals surface area (Å²) in [6, 6.07) is 5.80. The van der Waals surface area contributed by atoms with Crippen LogP contribution < -0.4 is 19.6 Å². The van der Waals surface area contributed by atoms with Gasteiger partial charge >= 0.3 is 0 Å². The number of aromatic hydroxyl groups is 1. The second-order valence-electron chi connectivity index (χ2n) is 7.21. The van der Waals surface area contributed by atoms with Crippen molar-refractivity contribution in [3.05, 3.63) is 34.5 Å². The molecule has 0 radical (unpaired) electrons. The number of fused-ring (bicyclic) bond motifs is 2. The highest BCUT2D eigenvalue weighted by Gasteiger charge is 2.45. The lowest BCUT2D eigenvalue weighted by molar-refractivity contribution is -0.277. The highest BCUT2D eigenvalue weighted by molar-refractivity contribution is 5.98. The van der Waals surface area contributed by atoms with Gasteiger partial charge in [-0.15, -0.1) is 0 Å². The van der Waals surface area contributed by atoms with Crippen LogP contribution in [0, 0.1) is 0 Å². The van der Waals surface area contributed by atoms with E-state index in [1.54, 1.807) is 12.1 Å². The Morgan fingerprint density at radius 1 is 1.00 bits per heavy atom. The van der Waals surface area contributed by atoms with Crippen molar-refractivity contribution in [1.29, 1.82) is 0 Å². The second kappa shape index (κ2) is 8.45. The summed E-state index contributed by atoms with van der Waals surface area (Å²) in [4.78, 5) is 13.0. The van der Waals surface area contributed by atoms with Gasteiger partial charge < -0.3 is 48.9 Å². The Bertz CT molecular complexity index is 1200. The molecular weight excluding hydrogens is 428 g/mol. The lowest BCUT2D eigenvalue weighted by Gasteiger charge is -2.39. The van der Waals surface area contributed by atoms with Crippen LogP contribution in [0.15, 0.2) is 33.5 Å². The van der Waals surface area contributed by atoms with Gasteiger partial charge in [-0.2, -0.15) is 0 Å². The summed E-state index contributed by atoms with van der Waals surface area (Å²) in [5, 5.41) is 50.1. The maximum atomic E-state index is 13.0. The molecule has 0 spiro atoms. The molecule has 3 aromatic rings. The van der Waals surface area contributed by atoms with Gasteiger partial charge in [-0.1, -0.05) is 6.07 Å². The molecular formula is C21H22O11. The largest absolute Gasteiger partial charge is 0.507 e. The van der Waals surface area contributed by atoms with E-state index in [-0.39, 0.29) is 39.2 Å². The Balaban J connectivity index is 1.88. The van der Waals surface area contributed by atoms with Crippen molar-refractivity contribution in [2.45, 2.75) is 30.7 Å². The van der Waals surface area contributed by atoms with E-state index in [1.165, 1.54) is 20.3 Å². The summed E-state index contributed by atoms with van der Waals surface area (Å²) in [6.45, 7) is -0.647. The molecule has 4 rings (SSSR count). The lowest BCUT2D eigenvalue weighted by Crippen LogP contribution is -2.60. The minimum Gasteiger partial charge on any atom is -0.507 e. The maximum Gasteiger partial charge on any atom is 0.229 e. The third-order valence-corrected chi connectivity index (χ3v) is 5.35. The third kappa shape index (κ3) is 3.40. The van der Waals surface area contributed by atoms with E-state index in [2.05, 4.69) is 0 Å². The number of aliphatic hydroxyl groups excluding tert-OH is 4. The smallest absolute Gasteiger partial charge is 0.229 e. The second-order valence-corrected chi connectivity index (χ2v) is 7.21. The van der Waals surface area contributed by atoms with Crippen molar-refractivity contribution in [3.8, 4) is 23.0 Å². The zero-order valence-electron chi connectivity index (χ0n) is 17.1. The standard InChI is InChI=1S/C21H22O11/c1-28-10-5-3-4-8-14(24)13-9(23)6-11(19(29-2)20(13)32-18(8)10)30-21-17(27)16(26)15(25)12(7-22)31-21/h3-6,12,15-17,21-23,25-27H,7H2,1-2H3/t12-,15-,16-,17-,21-/m1/s1. The highest BCUT2D eigenvalue weighted by atomic mass is 16.7. The van der Waals surface area contributed by atoms with Crippen LogP contribution in [0.4, 0.5) is 0 Å². The predicted octanol–water partition coefficient (Wildman–Crippen LogP) is -0.152. The predicted molar refractivity (Wildman–Crippen MR) is 109 cm³/mol. The molecule has 11 heteroatoms. The van der Waals surface area contributed by atoms with Gasteiger partial charge in [-0.05, 0) is 12.1 Å². The molecule has 32 heavy (non-hydrogen) atoms. The quantitative estimate of drug-likeness (QED) is 0.328. The molecule has 1 aliphatic heterocycles. The molecule has 1 aromatic heterocycles. The number of hydrogen-bond acceptors (Lipinski definition) is 11. The van der Waals surface area contributed by atoms with E-state index in [9.17, 15) is 30.3 Å². The van der Waals surface area contributed by atoms with E-state index < -0.39 is 48.5 Å². The molecule has 1 saturated heterocycles. The van der Waals surface area contributed by atoms with Crippen LogP contribution in [0.3, 0.4) is 0 Å². The zero-order valence-corrected chi connectivity index (χ0v) is 17.1. The Hall–Kier alpha value is -3.09. The van der Waals surface area contributed by atoms with Gasteiger partial charge in [0.15, 0.2) is 22.7 Å². The summed E-state index contributed by atoms with van der Waals surface area (Å²) >= 11 is 0. The van der Waals surface area contributed by atoms with Crippen LogP contribution in [0.1, 0.15) is 0 Å². The number of rotatable bonds is 5. The molecule has 1 fully saturated rings. The van der Waals surface area contributed by atoms with Crippen molar-refractivity contribution in [1.82, 2.24) is 0 Å². The number of ether oxygens (including phenoxy) is 4. The van der Waals surface area contributed by atoms with Crippen LogP contribution in [0.5, 0.6) is 23.0 Å². The summed E-state index contributed by atoms with van der Waals surface area (Å²) in [5.74, 6) is -0.485. The Kier molecular flexibility index (Phi) is 5.84. The fourth-order valence-electron chi connectivity index (χ4n) is 3.69. The number of para-hydroxylation sites is 1. The van der Waals surface area contributed by atoms with Gasteiger partial charge in [0, 0.05) is 6.07 Å². The van der Waals surface area contributed by atoms with Gasteiger partial charge in [0.2, 0.25) is 17.5 Å². The minimum atomic E-state index is -1.70. The molecule has 172 valence electrons. The minimum absolute atomic E-state index is 0.0975. The number of phenols is 1. The highest BCUT2D eigenvalue weighted by Crippen LogP contribution is 2.43. The Morgan fingerprint density at radius 3 is 2.41 bits per heavy atom. The van der Waals surface area contributed by atoms with Crippen LogP contribution in [-0.4, -0.2) is 77.1 Å². The van der Waals surface area contributed by atoms with E-state index in [1.807, 2.05) is 0 Å². The van der Waals surface area contributed by atoms with Crippen molar-refractivity contribution in [2.24, 2.45) is 0 Å². The van der Waals surface area contributed by atoms with E-state index >= 15 is 0 Å². The molecule has 5 atom stereocenters. The first-order valence-corrected chi connectivity index (χ1v) is 9.63. The normalized spacial score (nSPS) is 25.8. The van der Waals surface area contributed by atoms with Gasteiger partial charge in [0.05, 0.1) is 26.2 Å². The number of hydrogen-bond donors (Lipinski definition) is 5. The molecule has 5 N–H and O–H groups in total. The average molecular weight is 450 g/mol. The van der Waals surface area contributed by atoms with E-state index in [0.717, 1.165) is 6.07 Å². The molecule has 0 amide bonds. The van der Waals surface area contributed by atoms with Gasteiger partial charge in [-0.25, -0.2) is 0 Å². The first-order valence-electron chi connectivity index (χ1n) is 9.63. The topological polar surface area (TPSA) is 168 Å². The monoisotopic (exact) mass is 450 g/mol. The van der Waals surface area contributed by atoms with Crippen LogP contribution in [0.25, 0.3) is 21.9 Å². The first kappa shape index (κ1) is 22.1. The van der Waals surface area contributed by atoms with Gasteiger partial charge in [0.1, 0.15) is 35.6 Å². The molecule has 0 saturated carbocycles. The molecule has 0 unspecified atom stereocenters. The van der Waals surface area contributed by atoms with Crippen molar-refractivity contribution in [3.63, 3.8) is 0 Å². The fourth-order valence-corrected chi connectivity index (χ4v) is 3.69. The average Bonchev–Trinajstić information content (AvgIpc) is 2.79. The zero-order chi connectivity index (χ0) is 23.2. The summed E-state index contributed by atoms with van der Waals surface area (Å²) in [5.41, 5.74) is -0.556. The molecule has 2 heterocycles. The van der Waals surface area contributed by atoms with Crippen molar-refractivity contribution in [2.75, 3.05) is 20.8 Å². The molecule has 0 aliphatic carbocycles. The number of benzene rings is 2. The van der Waals surface area contributed by atoms with Gasteiger partial charge in [0.25, 0.3) is 0 Å². The number of aliphatic hydroxyl groups is 4.